The molecule has 0 aromatic rings. The molecule has 2 aliphatic rings. The molecule has 154 valence electrons. The van der Waals surface area contributed by atoms with Crippen molar-refractivity contribution in [3.63, 3.8) is 0 Å². The predicted molar refractivity (Wildman–Crippen MR) is 100 cm³/mol. The fourth-order valence-electron chi connectivity index (χ4n) is 4.44. The normalized spacial score (nSPS) is 23.2. The molecule has 2 N–H and O–H groups in total. The lowest BCUT2D eigenvalue weighted by Crippen LogP contribution is -2.62. The molecule has 0 radical (unpaired) electrons. The zero-order valence-electron chi connectivity index (χ0n) is 15.4. The van der Waals surface area contributed by atoms with Crippen molar-refractivity contribution in [2.45, 2.75) is 51.0 Å². The number of hydrogen-bond acceptors (Lipinski definition) is 5. The number of rotatable bonds is 9. The lowest BCUT2D eigenvalue weighted by atomic mass is 9.93. The van der Waals surface area contributed by atoms with E-state index in [0.29, 0.717) is 36.5 Å². The summed E-state index contributed by atoms with van der Waals surface area (Å²) in [7, 11) is -7.96. The summed E-state index contributed by atoms with van der Waals surface area (Å²) in [6.07, 6.45) is 7.07. The molecule has 1 aliphatic heterocycles. The Bertz CT molecular complexity index is 596. The minimum atomic E-state index is -3.98. The molecule has 0 atom stereocenters. The molecule has 1 saturated carbocycles. The van der Waals surface area contributed by atoms with E-state index >= 15 is 0 Å². The van der Waals surface area contributed by atoms with Gasteiger partial charge in [-0.3, -0.25) is 14.0 Å². The van der Waals surface area contributed by atoms with E-state index in [4.69, 9.17) is 9.11 Å². The second-order valence-electron chi connectivity index (χ2n) is 7.84. The topological polar surface area (TPSA) is 112 Å². The van der Waals surface area contributed by atoms with Crippen LogP contribution in [-0.2, 0) is 20.2 Å². The third-order valence-electron chi connectivity index (χ3n) is 5.88. The maximum atomic E-state index is 11.0. The maximum Gasteiger partial charge on any atom is 0.265 e. The van der Waals surface area contributed by atoms with Gasteiger partial charge in [-0.05, 0) is 12.8 Å². The maximum absolute atomic E-state index is 11.0. The Balaban J connectivity index is 1.92. The summed E-state index contributed by atoms with van der Waals surface area (Å²) in [5.74, 6) is -0.532. The van der Waals surface area contributed by atoms with Gasteiger partial charge in [0.15, 0.2) is 0 Å². The lowest BCUT2D eigenvalue weighted by molar-refractivity contribution is -0.932. The molecular weight excluding hydrogens is 380 g/mol. The third-order valence-corrected chi connectivity index (χ3v) is 7.49. The van der Waals surface area contributed by atoms with Gasteiger partial charge in [0.25, 0.3) is 20.2 Å². The van der Waals surface area contributed by atoms with Crippen LogP contribution >= 0.6 is 0 Å². The molecule has 1 aliphatic carbocycles. The third kappa shape index (κ3) is 7.77. The van der Waals surface area contributed by atoms with Gasteiger partial charge >= 0.3 is 0 Å². The molecule has 1 heterocycles. The van der Waals surface area contributed by atoms with E-state index in [0.717, 1.165) is 26.2 Å². The zero-order valence-corrected chi connectivity index (χ0v) is 17.1. The zero-order chi connectivity index (χ0) is 19.3. The second kappa shape index (κ2) is 9.29. The molecule has 0 amide bonds. The van der Waals surface area contributed by atoms with Crippen LogP contribution in [0.25, 0.3) is 0 Å². The van der Waals surface area contributed by atoms with Crippen LogP contribution in [-0.4, -0.2) is 92.1 Å². The van der Waals surface area contributed by atoms with Gasteiger partial charge in [-0.1, -0.05) is 19.3 Å². The number of piperazine rings is 1. The Morgan fingerprint density at radius 1 is 0.808 bits per heavy atom. The van der Waals surface area contributed by atoms with Gasteiger partial charge < -0.3 is 4.48 Å². The van der Waals surface area contributed by atoms with Gasteiger partial charge in [0.05, 0.1) is 37.7 Å². The van der Waals surface area contributed by atoms with E-state index < -0.39 is 20.2 Å². The van der Waals surface area contributed by atoms with Crippen LogP contribution in [0.3, 0.4) is 0 Å². The van der Waals surface area contributed by atoms with Crippen LogP contribution in [0.5, 0.6) is 0 Å². The summed E-state index contributed by atoms with van der Waals surface area (Å²) in [4.78, 5) is 2.53. The Kier molecular flexibility index (Phi) is 7.87. The number of hydrogen-bond donors (Lipinski definition) is 2. The first-order valence-electron chi connectivity index (χ1n) is 9.58. The quantitative estimate of drug-likeness (QED) is 0.428. The van der Waals surface area contributed by atoms with Gasteiger partial charge in [0.2, 0.25) is 0 Å². The Morgan fingerprint density at radius 2 is 1.27 bits per heavy atom. The van der Waals surface area contributed by atoms with Gasteiger partial charge in [-0.15, -0.1) is 0 Å². The predicted octanol–water partition coefficient (Wildman–Crippen LogP) is 1.01. The van der Waals surface area contributed by atoms with E-state index in [9.17, 15) is 16.8 Å². The molecule has 0 bridgehead atoms. The van der Waals surface area contributed by atoms with Crippen molar-refractivity contribution in [1.82, 2.24) is 4.90 Å². The minimum Gasteiger partial charge on any atom is -0.321 e. The molecule has 0 aromatic carbocycles. The van der Waals surface area contributed by atoms with Crippen molar-refractivity contribution < 1.29 is 30.4 Å². The SMILES string of the molecule is O=S(=O)(O)CCC[N+]1(CCCS(=O)(=O)O)CCN(C2CCCCC2)CC1. The average molecular weight is 414 g/mol. The van der Waals surface area contributed by atoms with E-state index in [1.165, 1.54) is 32.1 Å². The second-order valence-corrected chi connectivity index (χ2v) is 11.0. The average Bonchev–Trinajstić information content (AvgIpc) is 2.54. The van der Waals surface area contributed by atoms with Crippen molar-refractivity contribution in [2.75, 3.05) is 50.8 Å². The summed E-state index contributed by atoms with van der Waals surface area (Å²) < 4.78 is 62.6. The molecule has 10 heteroatoms. The van der Waals surface area contributed by atoms with Crippen LogP contribution in [0.15, 0.2) is 0 Å². The fraction of sp³-hybridized carbons (Fsp3) is 1.00. The fourth-order valence-corrected chi connectivity index (χ4v) is 5.43. The van der Waals surface area contributed by atoms with Crippen molar-refractivity contribution in [3.05, 3.63) is 0 Å². The standard InChI is InChI=1S/C16H32N2O6S2/c19-25(20,21)14-4-10-18(11-5-15-26(22,23)24)12-8-17(9-13-18)16-6-2-1-3-7-16/h16H,1-15H2,(H-,19,20,21,22,23,24)/p+1. The molecule has 8 nitrogen and oxygen atoms in total. The highest BCUT2D eigenvalue weighted by molar-refractivity contribution is 7.86. The molecule has 0 spiro atoms. The van der Waals surface area contributed by atoms with Crippen LogP contribution in [0.4, 0.5) is 0 Å². The molecule has 2 rings (SSSR count). The molecule has 0 unspecified atom stereocenters. The van der Waals surface area contributed by atoms with Crippen LogP contribution < -0.4 is 0 Å². The Morgan fingerprint density at radius 3 is 1.69 bits per heavy atom. The Hall–Kier alpha value is -0.260. The van der Waals surface area contributed by atoms with E-state index in [1.807, 2.05) is 0 Å². The van der Waals surface area contributed by atoms with Crippen molar-refractivity contribution in [2.24, 2.45) is 0 Å². The first-order valence-corrected chi connectivity index (χ1v) is 12.8. The number of nitrogens with zero attached hydrogens (tertiary/aromatic N) is 2. The summed E-state index contributed by atoms with van der Waals surface area (Å²) in [5, 5.41) is 0. The molecule has 2 fully saturated rings. The van der Waals surface area contributed by atoms with Gasteiger partial charge in [0, 0.05) is 32.0 Å². The number of quaternary nitrogens is 1. The smallest absolute Gasteiger partial charge is 0.265 e. The first kappa shape index (κ1) is 22.0. The van der Waals surface area contributed by atoms with Crippen LogP contribution in [0.2, 0.25) is 0 Å². The van der Waals surface area contributed by atoms with Crippen molar-refractivity contribution in [3.8, 4) is 0 Å². The molecule has 0 aromatic heterocycles. The molecule has 1 saturated heterocycles. The van der Waals surface area contributed by atoms with Crippen molar-refractivity contribution >= 4 is 20.2 Å². The van der Waals surface area contributed by atoms with Gasteiger partial charge in [-0.25, -0.2) is 0 Å². The first-order chi connectivity index (χ1) is 12.1. The largest absolute Gasteiger partial charge is 0.321 e. The van der Waals surface area contributed by atoms with Gasteiger partial charge in [-0.2, -0.15) is 16.8 Å². The van der Waals surface area contributed by atoms with E-state index in [1.54, 1.807) is 0 Å². The van der Waals surface area contributed by atoms with Crippen molar-refractivity contribution in [1.29, 1.82) is 0 Å². The molecular formula is C16H33N2O6S2+. The summed E-state index contributed by atoms with van der Waals surface area (Å²) in [5.41, 5.74) is 0. The van der Waals surface area contributed by atoms with Crippen LogP contribution in [0.1, 0.15) is 44.9 Å². The Labute approximate surface area is 157 Å². The lowest BCUT2D eigenvalue weighted by Gasteiger charge is -2.47. The highest BCUT2D eigenvalue weighted by Gasteiger charge is 2.35. The summed E-state index contributed by atoms with van der Waals surface area (Å²) >= 11 is 0. The van der Waals surface area contributed by atoms with Crippen LogP contribution in [0, 0.1) is 0 Å². The van der Waals surface area contributed by atoms with Gasteiger partial charge in [0.1, 0.15) is 0 Å². The summed E-state index contributed by atoms with van der Waals surface area (Å²) in [6.45, 7) is 4.78. The highest BCUT2D eigenvalue weighted by atomic mass is 32.2. The highest BCUT2D eigenvalue weighted by Crippen LogP contribution is 2.25. The monoisotopic (exact) mass is 413 g/mol. The van der Waals surface area contributed by atoms with E-state index in [-0.39, 0.29) is 11.5 Å². The van der Waals surface area contributed by atoms with E-state index in [2.05, 4.69) is 4.90 Å². The minimum absolute atomic E-state index is 0.266. The summed E-state index contributed by atoms with van der Waals surface area (Å²) in [6, 6.07) is 0.640. The molecule has 26 heavy (non-hydrogen) atoms.